The highest BCUT2D eigenvalue weighted by atomic mass is 79.9. The highest BCUT2D eigenvalue weighted by Crippen LogP contribution is 2.39. The number of benzene rings is 1. The van der Waals surface area contributed by atoms with E-state index in [1.807, 2.05) is 0 Å². The van der Waals surface area contributed by atoms with Gasteiger partial charge in [0.1, 0.15) is 11.6 Å². The molecule has 0 unspecified atom stereocenters. The number of phenolic OH excluding ortho intramolecular Hbond substituents is 1. The van der Waals surface area contributed by atoms with Crippen LogP contribution < -0.4 is 5.73 Å². The topological polar surface area (TPSA) is 46.2 Å². The Morgan fingerprint density at radius 3 is 2.71 bits per heavy atom. The van der Waals surface area contributed by atoms with Crippen molar-refractivity contribution in [3.63, 3.8) is 0 Å². The smallest absolute Gasteiger partial charge is 0.133 e. The fourth-order valence-corrected chi connectivity index (χ4v) is 1.94. The van der Waals surface area contributed by atoms with Gasteiger partial charge in [-0.3, -0.25) is 0 Å². The standard InChI is InChI=1S/C10H11BrFNO/c11-8-4-7(12)3-6(9(8)14)5-10(13)1-2-10/h3-4,14H,1-2,5,13H2. The first-order valence-electron chi connectivity index (χ1n) is 4.46. The summed E-state index contributed by atoms with van der Waals surface area (Å²) >= 11 is 3.09. The second-order valence-corrected chi connectivity index (χ2v) is 4.79. The number of hydrogen-bond donors (Lipinski definition) is 2. The normalized spacial score (nSPS) is 18.2. The molecule has 76 valence electrons. The predicted molar refractivity (Wildman–Crippen MR) is 55.6 cm³/mol. The van der Waals surface area contributed by atoms with E-state index >= 15 is 0 Å². The van der Waals surface area contributed by atoms with Crippen molar-refractivity contribution in [3.05, 3.63) is 28.0 Å². The molecule has 2 rings (SSSR count). The van der Waals surface area contributed by atoms with Gasteiger partial charge in [-0.1, -0.05) is 0 Å². The summed E-state index contributed by atoms with van der Waals surface area (Å²) in [5.74, 6) is -0.253. The average molecular weight is 260 g/mol. The molecule has 0 aromatic heterocycles. The van der Waals surface area contributed by atoms with Crippen LogP contribution in [0.5, 0.6) is 5.75 Å². The van der Waals surface area contributed by atoms with Crippen LogP contribution in [0.3, 0.4) is 0 Å². The van der Waals surface area contributed by atoms with Gasteiger partial charge in [-0.2, -0.15) is 0 Å². The summed E-state index contributed by atoms with van der Waals surface area (Å²) in [5, 5.41) is 9.64. The molecule has 1 aromatic carbocycles. The minimum Gasteiger partial charge on any atom is -0.506 e. The van der Waals surface area contributed by atoms with Gasteiger partial charge in [0.2, 0.25) is 0 Å². The molecule has 3 N–H and O–H groups in total. The van der Waals surface area contributed by atoms with Gasteiger partial charge >= 0.3 is 0 Å². The molecule has 0 heterocycles. The van der Waals surface area contributed by atoms with E-state index in [2.05, 4.69) is 15.9 Å². The Morgan fingerprint density at radius 1 is 1.50 bits per heavy atom. The van der Waals surface area contributed by atoms with Gasteiger partial charge < -0.3 is 10.8 Å². The van der Waals surface area contributed by atoms with Crippen LogP contribution in [0, 0.1) is 5.82 Å². The Labute approximate surface area is 90.1 Å². The lowest BCUT2D eigenvalue weighted by Crippen LogP contribution is -2.24. The zero-order chi connectivity index (χ0) is 10.3. The summed E-state index contributed by atoms with van der Waals surface area (Å²) in [7, 11) is 0. The van der Waals surface area contributed by atoms with Gasteiger partial charge in [0.25, 0.3) is 0 Å². The first kappa shape index (κ1) is 9.93. The lowest BCUT2D eigenvalue weighted by atomic mass is 10.0. The minimum absolute atomic E-state index is 0.100. The summed E-state index contributed by atoms with van der Waals surface area (Å²) in [4.78, 5) is 0. The van der Waals surface area contributed by atoms with Gasteiger partial charge in [-0.15, -0.1) is 0 Å². The Balaban J connectivity index is 2.32. The van der Waals surface area contributed by atoms with Gasteiger partial charge in [0.15, 0.2) is 0 Å². The Morgan fingerprint density at radius 2 is 2.14 bits per heavy atom. The summed E-state index contributed by atoms with van der Waals surface area (Å²) in [6, 6.07) is 2.59. The lowest BCUT2D eigenvalue weighted by molar-refractivity contribution is 0.457. The SMILES string of the molecule is NC1(Cc2cc(F)cc(Br)c2O)CC1. The quantitative estimate of drug-likeness (QED) is 0.857. The Kier molecular flexibility index (Phi) is 2.27. The number of hydrogen-bond acceptors (Lipinski definition) is 2. The van der Waals surface area contributed by atoms with E-state index in [1.165, 1.54) is 12.1 Å². The van der Waals surface area contributed by atoms with Crippen LogP contribution in [0.15, 0.2) is 16.6 Å². The summed E-state index contributed by atoms with van der Waals surface area (Å²) < 4.78 is 13.4. The lowest BCUT2D eigenvalue weighted by Gasteiger charge is -2.11. The van der Waals surface area contributed by atoms with Gasteiger partial charge in [0.05, 0.1) is 4.47 Å². The fourth-order valence-electron chi connectivity index (χ4n) is 1.47. The molecule has 0 atom stereocenters. The molecular formula is C10H11BrFNO. The number of aromatic hydroxyl groups is 1. The highest BCUT2D eigenvalue weighted by Gasteiger charge is 2.38. The first-order chi connectivity index (χ1) is 6.50. The van der Waals surface area contributed by atoms with Crippen molar-refractivity contribution in [1.82, 2.24) is 0 Å². The van der Waals surface area contributed by atoms with Crippen LogP contribution in [0.25, 0.3) is 0 Å². The van der Waals surface area contributed by atoms with Crippen LogP contribution in [0.1, 0.15) is 18.4 Å². The molecule has 0 spiro atoms. The van der Waals surface area contributed by atoms with Crippen molar-refractivity contribution in [2.45, 2.75) is 24.8 Å². The maximum absolute atomic E-state index is 13.0. The Hall–Kier alpha value is -0.610. The van der Waals surface area contributed by atoms with Crippen molar-refractivity contribution in [2.75, 3.05) is 0 Å². The molecule has 14 heavy (non-hydrogen) atoms. The van der Waals surface area contributed by atoms with E-state index in [9.17, 15) is 9.50 Å². The van der Waals surface area contributed by atoms with Gasteiger partial charge in [-0.05, 0) is 52.9 Å². The molecule has 0 bridgehead atoms. The van der Waals surface area contributed by atoms with E-state index in [-0.39, 0.29) is 17.1 Å². The summed E-state index contributed by atoms with van der Waals surface area (Å²) in [5.41, 5.74) is 6.26. The first-order valence-corrected chi connectivity index (χ1v) is 5.25. The fraction of sp³-hybridized carbons (Fsp3) is 0.400. The zero-order valence-corrected chi connectivity index (χ0v) is 9.14. The van der Waals surface area contributed by atoms with Crippen LogP contribution in [0.2, 0.25) is 0 Å². The third kappa shape index (κ3) is 1.91. The molecule has 1 aliphatic rings. The van der Waals surface area contributed by atoms with E-state index in [0.29, 0.717) is 16.5 Å². The molecule has 1 fully saturated rings. The molecule has 0 saturated heterocycles. The highest BCUT2D eigenvalue weighted by molar-refractivity contribution is 9.10. The van der Waals surface area contributed by atoms with Crippen molar-refractivity contribution in [3.8, 4) is 5.75 Å². The van der Waals surface area contributed by atoms with E-state index in [1.54, 1.807) is 0 Å². The molecule has 0 aliphatic heterocycles. The number of nitrogens with two attached hydrogens (primary N) is 1. The summed E-state index contributed by atoms with van der Waals surface area (Å²) in [6.45, 7) is 0. The van der Waals surface area contributed by atoms with Crippen LogP contribution in [0.4, 0.5) is 4.39 Å². The second kappa shape index (κ2) is 3.21. The molecule has 0 amide bonds. The molecule has 1 aromatic rings. The summed E-state index contributed by atoms with van der Waals surface area (Å²) in [6.07, 6.45) is 2.43. The minimum atomic E-state index is -0.353. The third-order valence-electron chi connectivity index (χ3n) is 2.54. The molecular weight excluding hydrogens is 249 g/mol. The van der Waals surface area contributed by atoms with Gasteiger partial charge in [-0.25, -0.2) is 4.39 Å². The zero-order valence-electron chi connectivity index (χ0n) is 7.56. The van der Waals surface area contributed by atoms with E-state index in [0.717, 1.165) is 12.8 Å². The maximum atomic E-state index is 13.0. The molecule has 4 heteroatoms. The number of phenols is 1. The van der Waals surface area contributed by atoms with Crippen molar-refractivity contribution in [2.24, 2.45) is 5.73 Å². The van der Waals surface area contributed by atoms with Crippen LogP contribution >= 0.6 is 15.9 Å². The average Bonchev–Trinajstić information content (AvgIpc) is 2.79. The van der Waals surface area contributed by atoms with Gasteiger partial charge in [0, 0.05) is 5.54 Å². The van der Waals surface area contributed by atoms with Crippen molar-refractivity contribution in [1.29, 1.82) is 0 Å². The molecule has 0 radical (unpaired) electrons. The van der Waals surface area contributed by atoms with Crippen molar-refractivity contribution >= 4 is 15.9 Å². The van der Waals surface area contributed by atoms with Crippen LogP contribution in [-0.2, 0) is 6.42 Å². The van der Waals surface area contributed by atoms with Crippen molar-refractivity contribution < 1.29 is 9.50 Å². The molecule has 1 aliphatic carbocycles. The number of halogens is 2. The second-order valence-electron chi connectivity index (χ2n) is 3.93. The number of rotatable bonds is 2. The van der Waals surface area contributed by atoms with E-state index < -0.39 is 0 Å². The largest absolute Gasteiger partial charge is 0.506 e. The predicted octanol–water partition coefficient (Wildman–Crippen LogP) is 2.33. The Bertz CT molecular complexity index is 377. The monoisotopic (exact) mass is 259 g/mol. The van der Waals surface area contributed by atoms with Crippen LogP contribution in [-0.4, -0.2) is 10.6 Å². The molecule has 1 saturated carbocycles. The molecule has 2 nitrogen and oxygen atoms in total. The van der Waals surface area contributed by atoms with E-state index in [4.69, 9.17) is 5.73 Å². The third-order valence-corrected chi connectivity index (χ3v) is 3.15. The maximum Gasteiger partial charge on any atom is 0.133 e.